The van der Waals surface area contributed by atoms with Gasteiger partial charge in [0.2, 0.25) is 16.1 Å². The Balaban J connectivity index is 2.43. The maximum atomic E-state index is 13.2. The van der Waals surface area contributed by atoms with Gasteiger partial charge in [-0.15, -0.1) is 0 Å². The van der Waals surface area contributed by atoms with E-state index in [1.165, 1.54) is 6.08 Å². The fourth-order valence-corrected chi connectivity index (χ4v) is 3.95. The van der Waals surface area contributed by atoms with Crippen molar-refractivity contribution in [3.8, 4) is 0 Å². The van der Waals surface area contributed by atoms with Gasteiger partial charge in [0.25, 0.3) is 0 Å². The Kier molecular flexibility index (Phi) is 4.27. The average Bonchev–Trinajstić information content (AvgIpc) is 2.41. The second-order valence-corrected chi connectivity index (χ2v) is 6.60. The maximum absolute atomic E-state index is 13.2. The van der Waals surface area contributed by atoms with Crippen molar-refractivity contribution in [1.29, 1.82) is 0 Å². The number of aliphatic imine (C=N–C) groups is 1. The fourth-order valence-electron chi connectivity index (χ4n) is 2.31. The first kappa shape index (κ1) is 14.8. The molecule has 2 rings (SSSR count). The molecule has 0 radical (unpaired) electrons. The third kappa shape index (κ3) is 2.77. The van der Waals surface area contributed by atoms with Crippen molar-refractivity contribution >= 4 is 16.1 Å². The third-order valence-corrected chi connectivity index (χ3v) is 5.15. The number of nitrogens with zero attached hydrogens (tertiary/aromatic N) is 3. The highest BCUT2D eigenvalue weighted by Gasteiger charge is 2.37. The van der Waals surface area contributed by atoms with Gasteiger partial charge in [-0.3, -0.25) is 4.98 Å². The monoisotopic (exact) mass is 299 g/mol. The molecule has 1 fully saturated rings. The van der Waals surface area contributed by atoms with Gasteiger partial charge in [-0.1, -0.05) is 6.92 Å². The normalized spacial score (nSPS) is 24.1. The predicted molar refractivity (Wildman–Crippen MR) is 68.4 cm³/mol. The van der Waals surface area contributed by atoms with Gasteiger partial charge in [-0.2, -0.15) is 9.30 Å². The van der Waals surface area contributed by atoms with Gasteiger partial charge in [-0.05, 0) is 24.8 Å². The lowest BCUT2D eigenvalue weighted by atomic mass is 9.98. The summed E-state index contributed by atoms with van der Waals surface area (Å²) in [6.45, 7) is 2.05. The Hall–Kier alpha value is -1.63. The van der Waals surface area contributed by atoms with E-state index >= 15 is 0 Å². The third-order valence-electron chi connectivity index (χ3n) is 3.31. The number of pyridine rings is 1. The topological polar surface area (TPSA) is 79.7 Å². The van der Waals surface area contributed by atoms with Crippen molar-refractivity contribution in [2.45, 2.75) is 30.8 Å². The number of carbonyl (C=O) groups excluding carboxylic acids is 1. The van der Waals surface area contributed by atoms with Crippen LogP contribution in [0.3, 0.4) is 0 Å². The summed E-state index contributed by atoms with van der Waals surface area (Å²) in [5.74, 6) is -0.826. The number of aromatic nitrogens is 1. The lowest BCUT2D eigenvalue weighted by molar-refractivity contribution is 0.193. The Bertz CT molecular complexity index is 643. The molecule has 2 unspecified atom stereocenters. The minimum absolute atomic E-state index is 0.0958. The van der Waals surface area contributed by atoms with Crippen LogP contribution in [-0.2, 0) is 14.8 Å². The molecule has 1 aromatic heterocycles. The van der Waals surface area contributed by atoms with Crippen LogP contribution in [0, 0.1) is 11.7 Å². The van der Waals surface area contributed by atoms with E-state index in [2.05, 4.69) is 9.98 Å². The molecule has 1 aliphatic rings. The molecule has 0 bridgehead atoms. The minimum atomic E-state index is -3.93. The lowest BCUT2D eigenvalue weighted by Crippen LogP contribution is -2.46. The van der Waals surface area contributed by atoms with Crippen molar-refractivity contribution in [3.63, 3.8) is 0 Å². The first-order valence-electron chi connectivity index (χ1n) is 6.16. The van der Waals surface area contributed by atoms with Gasteiger partial charge in [0.15, 0.2) is 0 Å². The summed E-state index contributed by atoms with van der Waals surface area (Å²) in [4.78, 5) is 17.4. The number of hydrogen-bond acceptors (Lipinski definition) is 5. The molecule has 0 aliphatic carbocycles. The molecular weight excluding hydrogens is 285 g/mol. The van der Waals surface area contributed by atoms with Crippen LogP contribution in [-0.4, -0.2) is 36.5 Å². The largest absolute Gasteiger partial charge is 0.260 e. The summed E-state index contributed by atoms with van der Waals surface area (Å²) >= 11 is 0. The maximum Gasteiger partial charge on any atom is 0.246 e. The SMILES string of the molecule is CC1CCCN(S(=O)(=O)c2cncc(F)c2)C1N=C=O. The Morgan fingerprint density at radius 2 is 2.25 bits per heavy atom. The second-order valence-electron chi connectivity index (χ2n) is 4.71. The van der Waals surface area contributed by atoms with Crippen LogP contribution in [0.5, 0.6) is 0 Å². The molecule has 2 atom stereocenters. The fraction of sp³-hybridized carbons (Fsp3) is 0.500. The molecule has 8 heteroatoms. The molecule has 2 heterocycles. The van der Waals surface area contributed by atoms with Crippen LogP contribution < -0.4 is 0 Å². The zero-order valence-corrected chi connectivity index (χ0v) is 11.7. The van der Waals surface area contributed by atoms with Crippen LogP contribution in [0.2, 0.25) is 0 Å². The number of isocyanates is 1. The van der Waals surface area contributed by atoms with Crippen LogP contribution in [0.4, 0.5) is 4.39 Å². The van der Waals surface area contributed by atoms with E-state index in [4.69, 9.17) is 0 Å². The van der Waals surface area contributed by atoms with Crippen molar-refractivity contribution in [2.24, 2.45) is 10.9 Å². The smallest absolute Gasteiger partial charge is 0.246 e. The Labute approximate surface area is 116 Å². The van der Waals surface area contributed by atoms with E-state index in [0.717, 1.165) is 29.2 Å². The standard InChI is InChI=1S/C12H14FN3O3S/c1-9-3-2-4-16(12(9)15-8-17)20(18,19)11-5-10(13)6-14-7-11/h5-7,9,12H,2-4H2,1H3. The molecule has 0 spiro atoms. The summed E-state index contributed by atoms with van der Waals surface area (Å²) in [7, 11) is -3.93. The summed E-state index contributed by atoms with van der Waals surface area (Å²) in [6, 6.07) is 0.906. The van der Waals surface area contributed by atoms with Gasteiger partial charge < -0.3 is 0 Å². The van der Waals surface area contributed by atoms with Gasteiger partial charge in [0.1, 0.15) is 16.9 Å². The van der Waals surface area contributed by atoms with E-state index in [1.54, 1.807) is 0 Å². The predicted octanol–water partition coefficient (Wildman–Crippen LogP) is 1.30. The van der Waals surface area contributed by atoms with E-state index in [9.17, 15) is 17.6 Å². The van der Waals surface area contributed by atoms with E-state index in [0.29, 0.717) is 6.42 Å². The van der Waals surface area contributed by atoms with E-state index < -0.39 is 22.0 Å². The number of rotatable bonds is 3. The van der Waals surface area contributed by atoms with Crippen LogP contribution >= 0.6 is 0 Å². The summed E-state index contributed by atoms with van der Waals surface area (Å²) in [6.07, 6.45) is 4.06. The van der Waals surface area contributed by atoms with Crippen LogP contribution in [0.1, 0.15) is 19.8 Å². The average molecular weight is 299 g/mol. The van der Waals surface area contributed by atoms with Gasteiger partial charge in [-0.25, -0.2) is 17.6 Å². The molecule has 0 saturated carbocycles. The van der Waals surface area contributed by atoms with Gasteiger partial charge in [0, 0.05) is 12.7 Å². The molecule has 0 amide bonds. The highest BCUT2D eigenvalue weighted by atomic mass is 32.2. The Morgan fingerprint density at radius 3 is 2.90 bits per heavy atom. The van der Waals surface area contributed by atoms with Crippen LogP contribution in [0.25, 0.3) is 0 Å². The molecule has 20 heavy (non-hydrogen) atoms. The van der Waals surface area contributed by atoms with Crippen molar-refractivity contribution in [2.75, 3.05) is 6.54 Å². The molecule has 1 aromatic rings. The van der Waals surface area contributed by atoms with E-state index in [1.807, 2.05) is 6.92 Å². The number of halogens is 1. The second kappa shape index (κ2) is 5.78. The minimum Gasteiger partial charge on any atom is -0.260 e. The molecular formula is C12H14FN3O3S. The first-order chi connectivity index (χ1) is 9.46. The first-order valence-corrected chi connectivity index (χ1v) is 7.60. The van der Waals surface area contributed by atoms with Gasteiger partial charge in [0.05, 0.1) is 6.20 Å². The summed E-state index contributed by atoms with van der Waals surface area (Å²) in [5.41, 5.74) is 0. The van der Waals surface area contributed by atoms with Gasteiger partial charge >= 0.3 is 0 Å². The number of hydrogen-bond donors (Lipinski definition) is 0. The summed E-state index contributed by atoms with van der Waals surface area (Å²) in [5, 5.41) is 0. The van der Waals surface area contributed by atoms with E-state index in [-0.39, 0.29) is 17.4 Å². The lowest BCUT2D eigenvalue weighted by Gasteiger charge is -2.35. The molecule has 108 valence electrons. The zero-order chi connectivity index (χ0) is 14.8. The molecule has 0 N–H and O–H groups in total. The molecule has 1 aliphatic heterocycles. The summed E-state index contributed by atoms with van der Waals surface area (Å²) < 4.78 is 39.3. The van der Waals surface area contributed by atoms with Crippen molar-refractivity contribution in [1.82, 2.24) is 9.29 Å². The number of piperidine rings is 1. The highest BCUT2D eigenvalue weighted by molar-refractivity contribution is 7.89. The van der Waals surface area contributed by atoms with Crippen LogP contribution in [0.15, 0.2) is 28.3 Å². The molecule has 0 aromatic carbocycles. The number of sulfonamides is 1. The van der Waals surface area contributed by atoms with Crippen molar-refractivity contribution < 1.29 is 17.6 Å². The molecule has 6 nitrogen and oxygen atoms in total. The molecule has 1 saturated heterocycles. The Morgan fingerprint density at radius 1 is 1.50 bits per heavy atom. The zero-order valence-electron chi connectivity index (χ0n) is 10.9. The quantitative estimate of drug-likeness (QED) is 0.622. The highest BCUT2D eigenvalue weighted by Crippen LogP contribution is 2.29. The van der Waals surface area contributed by atoms with Crippen molar-refractivity contribution in [3.05, 3.63) is 24.3 Å².